The minimum absolute atomic E-state index is 0.0250. The molecular formula is C25H40N4O9P2. The molecule has 15 heteroatoms. The van der Waals surface area contributed by atoms with Crippen molar-refractivity contribution < 1.29 is 32.1 Å². The summed E-state index contributed by atoms with van der Waals surface area (Å²) in [6.45, 7) is 12.0. The number of rotatable bonds is 17. The van der Waals surface area contributed by atoms with Gasteiger partial charge in [0.1, 0.15) is 0 Å². The monoisotopic (exact) mass is 602 g/mol. The van der Waals surface area contributed by atoms with Gasteiger partial charge < -0.3 is 27.6 Å². The second-order valence-electron chi connectivity index (χ2n) is 9.08. The maximum atomic E-state index is 13.0. The molecule has 1 aliphatic heterocycles. The summed E-state index contributed by atoms with van der Waals surface area (Å²) in [5, 5.41) is 9.05. The van der Waals surface area contributed by atoms with E-state index in [2.05, 4.69) is 11.1 Å². The number of nitrogens with one attached hydrogen (secondary N) is 1. The van der Waals surface area contributed by atoms with Crippen LogP contribution in [0.15, 0.2) is 45.5 Å². The lowest BCUT2D eigenvalue weighted by Gasteiger charge is -2.36. The van der Waals surface area contributed by atoms with Gasteiger partial charge in [-0.05, 0) is 47.6 Å². The Morgan fingerprint density at radius 1 is 1.23 bits per heavy atom. The van der Waals surface area contributed by atoms with Crippen LogP contribution in [0.5, 0.6) is 0 Å². The van der Waals surface area contributed by atoms with Crippen molar-refractivity contribution in [1.29, 1.82) is 5.26 Å². The summed E-state index contributed by atoms with van der Waals surface area (Å²) in [5.41, 5.74) is -1.25. The van der Waals surface area contributed by atoms with E-state index < -0.39 is 39.7 Å². The standard InChI is InChI=1S/C25H40N4O9P2/c1-8-35-40(32,36-9-2)17-10-12-20-22(38-39(34-16-11-14-26)29(18(3)4)19(5)6)23(33-7)24(37-20)28-15-13-21(30)27-25(28)31/h10,12-13,15,18-19,23-24H,8-9,11,16-17H2,1-7H3,(H,27,30,31)/b12-10+/t23?,24-,39?/m1/s1. The van der Waals surface area contributed by atoms with Crippen LogP contribution in [0, 0.1) is 11.3 Å². The normalized spacial score (nSPS) is 18.6. The highest BCUT2D eigenvalue weighted by Gasteiger charge is 2.43. The van der Waals surface area contributed by atoms with Crippen LogP contribution in [0.25, 0.3) is 0 Å². The van der Waals surface area contributed by atoms with E-state index in [1.165, 1.54) is 23.9 Å². The molecule has 224 valence electrons. The quantitative estimate of drug-likeness (QED) is 0.199. The molecule has 1 aromatic heterocycles. The van der Waals surface area contributed by atoms with Gasteiger partial charge in [-0.1, -0.05) is 6.08 Å². The van der Waals surface area contributed by atoms with Crippen molar-refractivity contribution in [2.24, 2.45) is 0 Å². The average Bonchev–Trinajstić information content (AvgIpc) is 3.20. The molecule has 13 nitrogen and oxygen atoms in total. The first kappa shape index (κ1) is 33.9. The van der Waals surface area contributed by atoms with Gasteiger partial charge in [0, 0.05) is 31.5 Å². The summed E-state index contributed by atoms with van der Waals surface area (Å²) in [5.74, 6) is 0.442. The first-order valence-electron chi connectivity index (χ1n) is 13.1. The van der Waals surface area contributed by atoms with Crippen LogP contribution >= 0.6 is 16.1 Å². The minimum atomic E-state index is -3.38. The van der Waals surface area contributed by atoms with E-state index in [4.69, 9.17) is 32.8 Å². The van der Waals surface area contributed by atoms with Crippen molar-refractivity contribution in [1.82, 2.24) is 14.2 Å². The van der Waals surface area contributed by atoms with Crippen LogP contribution in [0.2, 0.25) is 0 Å². The van der Waals surface area contributed by atoms with Crippen LogP contribution in [-0.4, -0.2) is 65.5 Å². The number of methoxy groups -OCH3 is 1. The van der Waals surface area contributed by atoms with Crippen LogP contribution in [0.3, 0.4) is 0 Å². The van der Waals surface area contributed by atoms with E-state index in [0.29, 0.717) is 0 Å². The van der Waals surface area contributed by atoms with Gasteiger partial charge in [0.15, 0.2) is 17.6 Å². The fraction of sp³-hybridized carbons (Fsp3) is 0.640. The molecule has 0 saturated heterocycles. The zero-order valence-corrected chi connectivity index (χ0v) is 25.9. The molecule has 0 bridgehead atoms. The third-order valence-electron chi connectivity index (χ3n) is 5.48. The summed E-state index contributed by atoms with van der Waals surface area (Å²) >= 11 is 0. The Bertz CT molecular complexity index is 1200. The van der Waals surface area contributed by atoms with Crippen molar-refractivity contribution in [3.05, 3.63) is 56.8 Å². The first-order chi connectivity index (χ1) is 19.0. The number of nitrogens with zero attached hydrogens (tertiary/aromatic N) is 3. The van der Waals surface area contributed by atoms with E-state index in [9.17, 15) is 14.2 Å². The number of aromatic nitrogens is 2. The summed E-state index contributed by atoms with van der Waals surface area (Å²) in [6, 6.07) is 3.31. The Labute approximate surface area is 236 Å². The van der Waals surface area contributed by atoms with E-state index in [0.717, 1.165) is 0 Å². The molecule has 40 heavy (non-hydrogen) atoms. The Hall–Kier alpha value is -2.29. The van der Waals surface area contributed by atoms with E-state index in [1.54, 1.807) is 26.0 Å². The molecule has 0 fully saturated rings. The second kappa shape index (κ2) is 16.2. The highest BCUT2D eigenvalue weighted by atomic mass is 31.2. The van der Waals surface area contributed by atoms with Gasteiger partial charge in [-0.2, -0.15) is 5.26 Å². The molecule has 0 aromatic carbocycles. The van der Waals surface area contributed by atoms with Crippen molar-refractivity contribution in [2.45, 2.75) is 72.4 Å². The van der Waals surface area contributed by atoms with Gasteiger partial charge in [0.25, 0.3) is 5.56 Å². The van der Waals surface area contributed by atoms with Gasteiger partial charge in [0.2, 0.25) is 6.23 Å². The number of H-pyrrole nitrogens is 1. The first-order valence-corrected chi connectivity index (χ1v) is 15.9. The molecule has 1 aliphatic rings. The molecule has 0 amide bonds. The van der Waals surface area contributed by atoms with E-state index >= 15 is 0 Å². The number of nitriles is 1. The number of hydrogen-bond donors (Lipinski definition) is 1. The molecule has 2 unspecified atom stereocenters. The molecule has 0 radical (unpaired) electrons. The van der Waals surface area contributed by atoms with Crippen molar-refractivity contribution in [2.75, 3.05) is 33.1 Å². The molecule has 1 N–H and O–H groups in total. The molecule has 2 rings (SSSR count). The maximum Gasteiger partial charge on any atom is 0.334 e. The molecule has 1 aromatic rings. The smallest absolute Gasteiger partial charge is 0.334 e. The summed E-state index contributed by atoms with van der Waals surface area (Å²) in [6.07, 6.45) is 2.63. The Morgan fingerprint density at radius 2 is 1.88 bits per heavy atom. The minimum Gasteiger partial charge on any atom is -0.463 e. The third-order valence-corrected chi connectivity index (χ3v) is 9.49. The average molecular weight is 603 g/mol. The lowest BCUT2D eigenvalue weighted by molar-refractivity contribution is -0.0307. The zero-order valence-electron chi connectivity index (χ0n) is 24.1. The molecule has 0 aliphatic carbocycles. The lowest BCUT2D eigenvalue weighted by Crippen LogP contribution is -2.37. The summed E-state index contributed by atoms with van der Waals surface area (Å²) in [7, 11) is -3.70. The van der Waals surface area contributed by atoms with Crippen molar-refractivity contribution in [3.8, 4) is 6.07 Å². The Morgan fingerprint density at radius 3 is 2.40 bits per heavy atom. The fourth-order valence-corrected chi connectivity index (χ4v) is 7.06. The number of hydrogen-bond acceptors (Lipinski definition) is 11. The Kier molecular flexibility index (Phi) is 13.8. The molecule has 0 saturated carbocycles. The largest absolute Gasteiger partial charge is 0.463 e. The van der Waals surface area contributed by atoms with Crippen LogP contribution in [0.4, 0.5) is 0 Å². The van der Waals surface area contributed by atoms with Gasteiger partial charge in [-0.3, -0.25) is 18.9 Å². The van der Waals surface area contributed by atoms with Crippen molar-refractivity contribution in [3.63, 3.8) is 0 Å². The molecular weight excluding hydrogens is 562 g/mol. The van der Waals surface area contributed by atoms with Crippen LogP contribution in [0.1, 0.15) is 54.2 Å². The van der Waals surface area contributed by atoms with E-state index in [-0.39, 0.29) is 56.0 Å². The third kappa shape index (κ3) is 9.11. The topological polar surface area (TPSA) is 154 Å². The molecule has 0 spiro atoms. The summed E-state index contributed by atoms with van der Waals surface area (Å²) < 4.78 is 51.3. The van der Waals surface area contributed by atoms with Gasteiger partial charge in [0.05, 0.1) is 38.5 Å². The van der Waals surface area contributed by atoms with E-state index in [1.807, 2.05) is 32.4 Å². The van der Waals surface area contributed by atoms with Crippen LogP contribution in [-0.2, 0) is 32.1 Å². The van der Waals surface area contributed by atoms with Gasteiger partial charge in [-0.25, -0.2) is 9.46 Å². The Balaban J connectivity index is 2.56. The predicted molar refractivity (Wildman–Crippen MR) is 150 cm³/mol. The molecule has 3 atom stereocenters. The van der Waals surface area contributed by atoms with Gasteiger partial charge in [-0.15, -0.1) is 0 Å². The highest BCUT2D eigenvalue weighted by Crippen LogP contribution is 2.52. The van der Waals surface area contributed by atoms with Crippen LogP contribution < -0.4 is 11.2 Å². The SMILES string of the molecule is CCOP(=O)(C/C=C/C1=C(OP(OCCC#N)N(C(C)C)C(C)C)C(OC)[C@H](n2ccc(=O)[nH]c2=O)O1)OCC. The van der Waals surface area contributed by atoms with Crippen molar-refractivity contribution >= 4 is 16.1 Å². The summed E-state index contributed by atoms with van der Waals surface area (Å²) in [4.78, 5) is 26.5. The highest BCUT2D eigenvalue weighted by molar-refractivity contribution is 7.54. The number of aromatic amines is 1. The molecule has 2 heterocycles. The van der Waals surface area contributed by atoms with Gasteiger partial charge >= 0.3 is 21.8 Å². The predicted octanol–water partition coefficient (Wildman–Crippen LogP) is 4.41. The second-order valence-corrected chi connectivity index (χ2v) is 12.6. The zero-order chi connectivity index (χ0) is 29.9. The maximum absolute atomic E-state index is 13.0. The number of allylic oxidation sites excluding steroid dienone is 2. The lowest BCUT2D eigenvalue weighted by atomic mass is 10.2. The fourth-order valence-electron chi connectivity index (χ4n) is 3.98. The number of ether oxygens (including phenoxy) is 2.